The zero-order valence-electron chi connectivity index (χ0n) is 11.9. The second-order valence-corrected chi connectivity index (χ2v) is 6.94. The summed E-state index contributed by atoms with van der Waals surface area (Å²) in [6.45, 7) is 1.81. The largest absolute Gasteiger partial charge is 0.409 e. The molecule has 0 radical (unpaired) electrons. The maximum atomic E-state index is 12.1. The van der Waals surface area contributed by atoms with Gasteiger partial charge in [0.1, 0.15) is 0 Å². The number of nitrogens with zero attached hydrogens (tertiary/aromatic N) is 1. The Kier molecular flexibility index (Phi) is 6.57. The molecule has 0 atom stereocenters. The van der Waals surface area contributed by atoms with Gasteiger partial charge in [-0.15, -0.1) is 11.3 Å². The van der Waals surface area contributed by atoms with Crippen LogP contribution in [-0.4, -0.2) is 24.6 Å². The topological polar surface area (TPSA) is 29.3 Å². The highest BCUT2D eigenvalue weighted by molar-refractivity contribution is 7.98. The average Bonchev–Trinajstić information content (AvgIpc) is 2.75. The molecule has 7 heteroatoms. The lowest BCUT2D eigenvalue weighted by atomic mass is 10.1. The Morgan fingerprint density at radius 3 is 2.52 bits per heavy atom. The van der Waals surface area contributed by atoms with Crippen LogP contribution in [0.15, 0.2) is 46.3 Å². The van der Waals surface area contributed by atoms with Crippen molar-refractivity contribution in [2.24, 2.45) is 5.73 Å². The van der Waals surface area contributed by atoms with Crippen LogP contribution < -0.4 is 5.73 Å². The summed E-state index contributed by atoms with van der Waals surface area (Å²) in [5, 5.41) is 0. The Hall–Kier alpha value is -1.18. The average molecular weight is 334 g/mol. The third-order valence-corrected chi connectivity index (χ3v) is 4.35. The van der Waals surface area contributed by atoms with Crippen molar-refractivity contribution < 1.29 is 13.2 Å². The van der Waals surface area contributed by atoms with Gasteiger partial charge in [0.15, 0.2) is 0 Å². The molecular formula is C14H17F3N2S2. The van der Waals surface area contributed by atoms with Gasteiger partial charge in [-0.05, 0) is 51.2 Å². The molecule has 2 N–H and O–H groups in total. The zero-order valence-corrected chi connectivity index (χ0v) is 13.6. The quantitative estimate of drug-likeness (QED) is 0.626. The van der Waals surface area contributed by atoms with Crippen LogP contribution >= 0.6 is 23.3 Å². The van der Waals surface area contributed by atoms with Crippen molar-refractivity contribution >= 4 is 28.9 Å². The first-order chi connectivity index (χ1) is 9.73. The summed E-state index contributed by atoms with van der Waals surface area (Å²) in [5.74, 6) is 0. The summed E-state index contributed by atoms with van der Waals surface area (Å²) in [6, 6.07) is 3.88. The number of thiophene rings is 1. The van der Waals surface area contributed by atoms with Crippen LogP contribution in [0.3, 0.4) is 0 Å². The lowest BCUT2D eigenvalue weighted by Gasteiger charge is -2.06. The normalized spacial score (nSPS) is 14.4. The van der Waals surface area contributed by atoms with E-state index < -0.39 is 6.18 Å². The fraction of sp³-hybridized carbons (Fsp3) is 0.286. The van der Waals surface area contributed by atoms with Gasteiger partial charge in [-0.3, -0.25) is 4.31 Å². The summed E-state index contributed by atoms with van der Waals surface area (Å²) in [7, 11) is 3.88. The maximum Gasteiger partial charge on any atom is 0.409 e. The van der Waals surface area contributed by atoms with Crippen LogP contribution in [-0.2, 0) is 0 Å². The van der Waals surface area contributed by atoms with Crippen LogP contribution in [0.4, 0.5) is 13.2 Å². The van der Waals surface area contributed by atoms with Crippen LogP contribution in [0.1, 0.15) is 11.8 Å². The van der Waals surface area contributed by atoms with Crippen molar-refractivity contribution in [1.29, 1.82) is 0 Å². The maximum absolute atomic E-state index is 12.1. The van der Waals surface area contributed by atoms with E-state index in [1.807, 2.05) is 37.5 Å². The fourth-order valence-corrected chi connectivity index (χ4v) is 3.68. The molecule has 0 aliphatic rings. The molecule has 0 aliphatic carbocycles. The highest BCUT2D eigenvalue weighted by Gasteiger charge is 2.21. The van der Waals surface area contributed by atoms with Gasteiger partial charge < -0.3 is 5.73 Å². The lowest BCUT2D eigenvalue weighted by Crippen LogP contribution is -2.01. The number of rotatable bonds is 5. The number of alkyl halides is 3. The zero-order chi connectivity index (χ0) is 16.0. The van der Waals surface area contributed by atoms with Crippen molar-refractivity contribution in [3.05, 3.63) is 47.0 Å². The molecular weight excluding hydrogens is 317 g/mol. The molecule has 0 aliphatic heterocycles. The smallest absolute Gasteiger partial charge is 0.398 e. The van der Waals surface area contributed by atoms with Crippen molar-refractivity contribution in [3.8, 4) is 0 Å². The molecule has 21 heavy (non-hydrogen) atoms. The molecule has 0 unspecified atom stereocenters. The molecule has 0 saturated carbocycles. The van der Waals surface area contributed by atoms with E-state index in [0.717, 1.165) is 20.7 Å². The van der Waals surface area contributed by atoms with Crippen molar-refractivity contribution in [3.63, 3.8) is 0 Å². The monoisotopic (exact) mass is 334 g/mol. The Balaban J connectivity index is 2.90. The molecule has 0 amide bonds. The molecule has 1 aromatic heterocycles. The predicted molar refractivity (Wildman–Crippen MR) is 85.0 cm³/mol. The molecule has 1 heterocycles. The van der Waals surface area contributed by atoms with Crippen LogP contribution in [0, 0.1) is 0 Å². The van der Waals surface area contributed by atoms with Gasteiger partial charge >= 0.3 is 6.18 Å². The van der Waals surface area contributed by atoms with E-state index in [4.69, 9.17) is 5.73 Å². The van der Waals surface area contributed by atoms with Crippen LogP contribution in [0.25, 0.3) is 5.57 Å². The third kappa shape index (κ3) is 6.41. The van der Waals surface area contributed by atoms with Gasteiger partial charge in [0, 0.05) is 22.2 Å². The Bertz CT molecular complexity index is 555. The minimum absolute atomic E-state index is 0.162. The van der Waals surface area contributed by atoms with Gasteiger partial charge in [-0.2, -0.15) is 13.2 Å². The van der Waals surface area contributed by atoms with Gasteiger partial charge in [-0.25, -0.2) is 0 Å². The number of hydrogen-bond donors (Lipinski definition) is 1. The minimum atomic E-state index is -4.33. The van der Waals surface area contributed by atoms with E-state index in [2.05, 4.69) is 0 Å². The Labute approximate surface area is 131 Å². The van der Waals surface area contributed by atoms with Gasteiger partial charge in [0.05, 0.1) is 4.21 Å². The number of halogens is 3. The van der Waals surface area contributed by atoms with E-state index in [9.17, 15) is 13.2 Å². The van der Waals surface area contributed by atoms with Crippen molar-refractivity contribution in [1.82, 2.24) is 4.31 Å². The van der Waals surface area contributed by atoms with E-state index in [1.54, 1.807) is 29.4 Å². The number of hydrogen-bond acceptors (Lipinski definition) is 4. The molecule has 1 rings (SSSR count). The standard InChI is InChI=1S/C14H17F3N2S2/c1-4-10(11(18)6-5-9-14(15,16)17)12-7-8-13(20-12)21-19(2)3/h4-9H,18H2,1-3H3/b9-5+,10-4+,11-6+. The van der Waals surface area contributed by atoms with E-state index in [1.165, 1.54) is 6.08 Å². The molecule has 116 valence electrons. The van der Waals surface area contributed by atoms with E-state index in [0.29, 0.717) is 5.70 Å². The highest BCUT2D eigenvalue weighted by atomic mass is 32.2. The summed E-state index contributed by atoms with van der Waals surface area (Å²) in [6.07, 6.45) is -0.188. The summed E-state index contributed by atoms with van der Waals surface area (Å²) in [5.41, 5.74) is 6.90. The number of allylic oxidation sites excluding steroid dienone is 5. The van der Waals surface area contributed by atoms with Gasteiger partial charge in [0.2, 0.25) is 0 Å². The third-order valence-electron chi connectivity index (χ3n) is 2.28. The highest BCUT2D eigenvalue weighted by Crippen LogP contribution is 2.33. The first-order valence-electron chi connectivity index (χ1n) is 6.07. The molecule has 0 bridgehead atoms. The van der Waals surface area contributed by atoms with Gasteiger partial charge in [-0.1, -0.05) is 12.2 Å². The molecule has 0 aromatic carbocycles. The van der Waals surface area contributed by atoms with Gasteiger partial charge in [0.25, 0.3) is 0 Å². The summed E-state index contributed by atoms with van der Waals surface area (Å²) >= 11 is 3.13. The SMILES string of the molecule is C\C=C(/C(N)=C\C=C\C(F)(F)F)c1ccc(SN(C)C)s1. The second kappa shape index (κ2) is 7.72. The van der Waals surface area contributed by atoms with Crippen molar-refractivity contribution in [2.75, 3.05) is 14.1 Å². The summed E-state index contributed by atoms with van der Waals surface area (Å²) in [4.78, 5) is 0.927. The summed E-state index contributed by atoms with van der Waals surface area (Å²) < 4.78 is 39.2. The molecule has 0 fully saturated rings. The van der Waals surface area contributed by atoms with Crippen LogP contribution in [0.2, 0.25) is 0 Å². The first kappa shape index (κ1) is 17.9. The van der Waals surface area contributed by atoms with E-state index >= 15 is 0 Å². The Morgan fingerprint density at radius 2 is 2.00 bits per heavy atom. The predicted octanol–water partition coefficient (Wildman–Crippen LogP) is 4.68. The molecule has 0 saturated heterocycles. The molecule has 0 spiro atoms. The number of nitrogens with two attached hydrogens (primary N) is 1. The minimum Gasteiger partial charge on any atom is -0.398 e. The Morgan fingerprint density at radius 1 is 1.33 bits per heavy atom. The fourth-order valence-electron chi connectivity index (χ4n) is 1.50. The molecule has 2 nitrogen and oxygen atoms in total. The van der Waals surface area contributed by atoms with E-state index in [-0.39, 0.29) is 6.08 Å². The lowest BCUT2D eigenvalue weighted by molar-refractivity contribution is -0.0798. The van der Waals surface area contributed by atoms with Crippen molar-refractivity contribution in [2.45, 2.75) is 17.3 Å². The van der Waals surface area contributed by atoms with Crippen LogP contribution in [0.5, 0.6) is 0 Å². The molecule has 1 aromatic rings. The second-order valence-electron chi connectivity index (χ2n) is 4.25. The first-order valence-corrected chi connectivity index (χ1v) is 7.66.